The van der Waals surface area contributed by atoms with Crippen LogP contribution in [-0.2, 0) is 18.0 Å². The molecule has 3 heteroatoms. The first kappa shape index (κ1) is 12.3. The summed E-state index contributed by atoms with van der Waals surface area (Å²) < 4.78 is 5.40. The van der Waals surface area contributed by atoms with Crippen molar-refractivity contribution in [2.24, 2.45) is 0 Å². The van der Waals surface area contributed by atoms with Gasteiger partial charge in [0.05, 0.1) is 19.3 Å². The maximum atomic E-state index is 10.5. The number of fused-ring (bicyclic) bond motifs is 1. The van der Waals surface area contributed by atoms with Crippen molar-refractivity contribution in [3.63, 3.8) is 0 Å². The van der Waals surface area contributed by atoms with Crippen LogP contribution in [-0.4, -0.2) is 10.1 Å². The van der Waals surface area contributed by atoms with E-state index in [0.29, 0.717) is 13.2 Å². The van der Waals surface area contributed by atoms with E-state index in [1.165, 1.54) is 11.1 Å². The molecule has 2 unspecified atom stereocenters. The summed E-state index contributed by atoms with van der Waals surface area (Å²) in [5.74, 6) is 0.0448. The van der Waals surface area contributed by atoms with Crippen LogP contribution in [0.4, 0.5) is 0 Å². The minimum Gasteiger partial charge on any atom is -0.388 e. The number of nitrogens with zero attached hydrogens (tertiary/aromatic N) is 1. The second-order valence-corrected chi connectivity index (χ2v) is 5.04. The molecule has 2 atom stereocenters. The topological polar surface area (TPSA) is 42.4 Å². The molecule has 0 aliphatic carbocycles. The number of benzene rings is 1. The van der Waals surface area contributed by atoms with E-state index in [-0.39, 0.29) is 5.92 Å². The van der Waals surface area contributed by atoms with Crippen molar-refractivity contribution >= 4 is 0 Å². The normalized spacial score (nSPS) is 16.9. The lowest BCUT2D eigenvalue weighted by Crippen LogP contribution is -2.08. The largest absolute Gasteiger partial charge is 0.388 e. The third-order valence-corrected chi connectivity index (χ3v) is 3.79. The van der Waals surface area contributed by atoms with Crippen LogP contribution in [0.15, 0.2) is 42.7 Å². The number of ether oxygens (including phenoxy) is 1. The second kappa shape index (κ2) is 5.11. The zero-order chi connectivity index (χ0) is 13.2. The van der Waals surface area contributed by atoms with E-state index >= 15 is 0 Å². The van der Waals surface area contributed by atoms with Crippen molar-refractivity contribution in [2.45, 2.75) is 32.2 Å². The lowest BCUT2D eigenvalue weighted by Gasteiger charge is -2.20. The SMILES string of the molecule is CC(c1ccncc1)C(O)c1ccc2c(c1)COC2. The van der Waals surface area contributed by atoms with Crippen LogP contribution in [0.3, 0.4) is 0 Å². The number of aromatic nitrogens is 1. The van der Waals surface area contributed by atoms with E-state index in [1.807, 2.05) is 25.1 Å². The van der Waals surface area contributed by atoms with E-state index in [9.17, 15) is 5.11 Å². The Balaban J connectivity index is 1.86. The van der Waals surface area contributed by atoms with Crippen molar-refractivity contribution in [3.05, 3.63) is 65.0 Å². The van der Waals surface area contributed by atoms with Gasteiger partial charge in [-0.1, -0.05) is 25.1 Å². The number of pyridine rings is 1. The summed E-state index contributed by atoms with van der Waals surface area (Å²) >= 11 is 0. The summed E-state index contributed by atoms with van der Waals surface area (Å²) in [4.78, 5) is 4.01. The lowest BCUT2D eigenvalue weighted by atomic mass is 9.90. The molecular weight excluding hydrogens is 238 g/mol. The quantitative estimate of drug-likeness (QED) is 0.917. The van der Waals surface area contributed by atoms with Crippen molar-refractivity contribution in [1.29, 1.82) is 0 Å². The molecule has 2 aromatic rings. The molecule has 19 heavy (non-hydrogen) atoms. The molecule has 2 heterocycles. The molecule has 0 fully saturated rings. The van der Waals surface area contributed by atoms with Gasteiger partial charge in [0.1, 0.15) is 0 Å². The fourth-order valence-electron chi connectivity index (χ4n) is 2.51. The summed E-state index contributed by atoms with van der Waals surface area (Å²) in [5.41, 5.74) is 4.47. The maximum Gasteiger partial charge on any atom is 0.0855 e. The van der Waals surface area contributed by atoms with Gasteiger partial charge in [-0.2, -0.15) is 0 Å². The van der Waals surface area contributed by atoms with E-state index < -0.39 is 6.10 Å². The van der Waals surface area contributed by atoms with Gasteiger partial charge >= 0.3 is 0 Å². The Hall–Kier alpha value is -1.71. The Kier molecular flexibility index (Phi) is 3.32. The first-order chi connectivity index (χ1) is 9.25. The molecule has 1 N–H and O–H groups in total. The first-order valence-electron chi connectivity index (χ1n) is 6.53. The van der Waals surface area contributed by atoms with Crippen LogP contribution >= 0.6 is 0 Å². The summed E-state index contributed by atoms with van der Waals surface area (Å²) in [6, 6.07) is 10.0. The van der Waals surface area contributed by atoms with Crippen LogP contribution in [0.2, 0.25) is 0 Å². The number of hydrogen-bond acceptors (Lipinski definition) is 3. The summed E-state index contributed by atoms with van der Waals surface area (Å²) in [6.07, 6.45) is 3.01. The molecule has 1 aliphatic heterocycles. The van der Waals surface area contributed by atoms with Crippen LogP contribution in [0, 0.1) is 0 Å². The van der Waals surface area contributed by atoms with Gasteiger partial charge < -0.3 is 9.84 Å². The van der Waals surface area contributed by atoms with Crippen molar-refractivity contribution < 1.29 is 9.84 Å². The number of rotatable bonds is 3. The van der Waals surface area contributed by atoms with Crippen molar-refractivity contribution in [2.75, 3.05) is 0 Å². The van der Waals surface area contributed by atoms with Crippen molar-refractivity contribution in [3.8, 4) is 0 Å². The minimum atomic E-state index is -0.506. The molecule has 1 aliphatic rings. The fraction of sp³-hybridized carbons (Fsp3) is 0.312. The molecule has 0 saturated carbocycles. The van der Waals surface area contributed by atoms with Crippen LogP contribution < -0.4 is 0 Å². The molecule has 3 rings (SSSR count). The summed E-state index contributed by atoms with van der Waals surface area (Å²) in [7, 11) is 0. The van der Waals surface area contributed by atoms with E-state index in [4.69, 9.17) is 4.74 Å². The summed E-state index contributed by atoms with van der Waals surface area (Å²) in [5, 5.41) is 10.5. The Bertz CT molecular complexity index is 568. The zero-order valence-corrected chi connectivity index (χ0v) is 10.9. The zero-order valence-electron chi connectivity index (χ0n) is 10.9. The Morgan fingerprint density at radius 1 is 1.05 bits per heavy atom. The van der Waals surface area contributed by atoms with Gasteiger partial charge in [0.2, 0.25) is 0 Å². The molecule has 1 aromatic heterocycles. The molecule has 98 valence electrons. The first-order valence-corrected chi connectivity index (χ1v) is 6.53. The Morgan fingerprint density at radius 3 is 2.58 bits per heavy atom. The van der Waals surface area contributed by atoms with Crippen molar-refractivity contribution in [1.82, 2.24) is 4.98 Å². The van der Waals surface area contributed by atoms with Gasteiger partial charge in [-0.05, 0) is 34.4 Å². The smallest absolute Gasteiger partial charge is 0.0855 e. The number of aliphatic hydroxyl groups is 1. The fourth-order valence-corrected chi connectivity index (χ4v) is 2.51. The average Bonchev–Trinajstić information content (AvgIpc) is 2.94. The molecular formula is C16H17NO2. The van der Waals surface area contributed by atoms with Crippen LogP contribution in [0.1, 0.15) is 41.2 Å². The predicted molar refractivity (Wildman–Crippen MR) is 72.5 cm³/mol. The molecule has 3 nitrogen and oxygen atoms in total. The van der Waals surface area contributed by atoms with Crippen LogP contribution in [0.5, 0.6) is 0 Å². The maximum absolute atomic E-state index is 10.5. The third-order valence-electron chi connectivity index (χ3n) is 3.79. The van der Waals surface area contributed by atoms with Gasteiger partial charge in [-0.3, -0.25) is 4.98 Å². The molecule has 0 radical (unpaired) electrons. The van der Waals surface area contributed by atoms with Crippen LogP contribution in [0.25, 0.3) is 0 Å². The molecule has 0 saturated heterocycles. The number of aliphatic hydroxyl groups excluding tert-OH is 1. The predicted octanol–water partition coefficient (Wildman–Crippen LogP) is 2.95. The standard InChI is InChI=1S/C16H17NO2/c1-11(12-4-6-17-7-5-12)16(18)13-2-3-14-9-19-10-15(14)8-13/h2-8,11,16,18H,9-10H2,1H3. The monoisotopic (exact) mass is 255 g/mol. The summed E-state index contributed by atoms with van der Waals surface area (Å²) in [6.45, 7) is 3.37. The highest BCUT2D eigenvalue weighted by atomic mass is 16.5. The third kappa shape index (κ3) is 2.39. The lowest BCUT2D eigenvalue weighted by molar-refractivity contribution is 0.134. The highest BCUT2D eigenvalue weighted by molar-refractivity contribution is 5.35. The van der Waals surface area contributed by atoms with Gasteiger partial charge in [0.25, 0.3) is 0 Å². The Morgan fingerprint density at radius 2 is 1.79 bits per heavy atom. The second-order valence-electron chi connectivity index (χ2n) is 5.04. The van der Waals surface area contributed by atoms with Gasteiger partial charge in [-0.25, -0.2) is 0 Å². The molecule has 0 spiro atoms. The highest BCUT2D eigenvalue weighted by Crippen LogP contribution is 2.32. The highest BCUT2D eigenvalue weighted by Gasteiger charge is 2.20. The molecule has 0 amide bonds. The average molecular weight is 255 g/mol. The van der Waals surface area contributed by atoms with E-state index in [2.05, 4.69) is 17.1 Å². The number of hydrogen-bond donors (Lipinski definition) is 1. The molecule has 0 bridgehead atoms. The van der Waals surface area contributed by atoms with Gasteiger partial charge in [0.15, 0.2) is 0 Å². The van der Waals surface area contributed by atoms with E-state index in [1.54, 1.807) is 12.4 Å². The van der Waals surface area contributed by atoms with Gasteiger partial charge in [0, 0.05) is 18.3 Å². The Labute approximate surface area is 112 Å². The minimum absolute atomic E-state index is 0.0448. The van der Waals surface area contributed by atoms with E-state index in [0.717, 1.165) is 11.1 Å². The van der Waals surface area contributed by atoms with Gasteiger partial charge in [-0.15, -0.1) is 0 Å². The molecule has 1 aromatic carbocycles.